The highest BCUT2D eigenvalue weighted by molar-refractivity contribution is 5.46. The lowest BCUT2D eigenvalue weighted by atomic mass is 10.0. The molecule has 1 heterocycles. The number of nitrogens with zero attached hydrogens (tertiary/aromatic N) is 1. The smallest absolute Gasteiger partial charge is 0.0791 e. The number of rotatable bonds is 5. The number of ether oxygens (including phenoxy) is 1. The molecule has 2 atom stereocenters. The van der Waals surface area contributed by atoms with Gasteiger partial charge in [0.25, 0.3) is 0 Å². The zero-order chi connectivity index (χ0) is 13.0. The Bertz CT molecular complexity index is 355. The quantitative estimate of drug-likeness (QED) is 0.871. The monoisotopic (exact) mass is 249 g/mol. The van der Waals surface area contributed by atoms with E-state index >= 15 is 0 Å². The van der Waals surface area contributed by atoms with E-state index in [1.165, 1.54) is 0 Å². The summed E-state index contributed by atoms with van der Waals surface area (Å²) in [6.45, 7) is 0.887. The number of aliphatic hydroxyl groups is 1. The fourth-order valence-electron chi connectivity index (χ4n) is 2.38. The Morgan fingerprint density at radius 3 is 2.61 bits per heavy atom. The summed E-state index contributed by atoms with van der Waals surface area (Å²) in [6, 6.07) is 8.11. The lowest BCUT2D eigenvalue weighted by Gasteiger charge is -2.16. The molecule has 0 aromatic heterocycles. The molecule has 0 aliphatic carbocycles. The minimum Gasteiger partial charge on any atom is -0.388 e. The highest BCUT2D eigenvalue weighted by Gasteiger charge is 2.17. The lowest BCUT2D eigenvalue weighted by molar-refractivity contribution is 0.0812. The third kappa shape index (κ3) is 3.47. The molecule has 3 nitrogen and oxygen atoms in total. The van der Waals surface area contributed by atoms with Crippen molar-refractivity contribution in [1.82, 2.24) is 0 Å². The first-order valence-electron chi connectivity index (χ1n) is 6.74. The van der Waals surface area contributed by atoms with Gasteiger partial charge < -0.3 is 14.7 Å². The average molecular weight is 249 g/mol. The summed E-state index contributed by atoms with van der Waals surface area (Å²) in [7, 11) is 4.03. The molecule has 2 unspecified atom stereocenters. The molecule has 1 aromatic rings. The van der Waals surface area contributed by atoms with Crippen molar-refractivity contribution < 1.29 is 9.84 Å². The van der Waals surface area contributed by atoms with E-state index < -0.39 is 0 Å². The first-order chi connectivity index (χ1) is 8.66. The highest BCUT2D eigenvalue weighted by Crippen LogP contribution is 2.25. The molecular weight excluding hydrogens is 226 g/mol. The number of hydrogen-bond donors (Lipinski definition) is 1. The molecule has 0 amide bonds. The zero-order valence-corrected chi connectivity index (χ0v) is 11.3. The van der Waals surface area contributed by atoms with E-state index in [1.807, 2.05) is 38.4 Å². The summed E-state index contributed by atoms with van der Waals surface area (Å²) in [4.78, 5) is 2.06. The summed E-state index contributed by atoms with van der Waals surface area (Å²) in [5.74, 6) is 0. The third-order valence-electron chi connectivity index (χ3n) is 3.58. The van der Waals surface area contributed by atoms with Crippen molar-refractivity contribution in [2.24, 2.45) is 0 Å². The molecule has 0 bridgehead atoms. The second-order valence-electron chi connectivity index (χ2n) is 5.21. The Balaban J connectivity index is 1.85. The third-order valence-corrected chi connectivity index (χ3v) is 3.58. The molecule has 0 saturated carbocycles. The first kappa shape index (κ1) is 13.4. The van der Waals surface area contributed by atoms with Crippen molar-refractivity contribution in [3.05, 3.63) is 29.8 Å². The van der Waals surface area contributed by atoms with Crippen molar-refractivity contribution in [1.29, 1.82) is 0 Å². The number of anilines is 1. The van der Waals surface area contributed by atoms with Crippen LogP contribution in [0.15, 0.2) is 24.3 Å². The van der Waals surface area contributed by atoms with Crippen LogP contribution in [0.1, 0.15) is 37.4 Å². The fourth-order valence-corrected chi connectivity index (χ4v) is 2.38. The van der Waals surface area contributed by atoms with Gasteiger partial charge in [0.2, 0.25) is 0 Å². The van der Waals surface area contributed by atoms with Crippen LogP contribution < -0.4 is 4.90 Å². The summed E-state index contributed by atoms with van der Waals surface area (Å²) in [5.41, 5.74) is 2.16. The van der Waals surface area contributed by atoms with Crippen LogP contribution in [-0.2, 0) is 4.74 Å². The van der Waals surface area contributed by atoms with Crippen LogP contribution in [0.4, 0.5) is 5.69 Å². The summed E-state index contributed by atoms with van der Waals surface area (Å²) >= 11 is 0. The largest absolute Gasteiger partial charge is 0.388 e. The van der Waals surface area contributed by atoms with Crippen molar-refractivity contribution in [2.75, 3.05) is 25.6 Å². The molecule has 1 fully saturated rings. The maximum absolute atomic E-state index is 10.1. The van der Waals surface area contributed by atoms with Gasteiger partial charge in [-0.1, -0.05) is 12.1 Å². The number of benzene rings is 1. The van der Waals surface area contributed by atoms with E-state index in [0.717, 1.165) is 43.5 Å². The van der Waals surface area contributed by atoms with Crippen molar-refractivity contribution in [3.8, 4) is 0 Å². The van der Waals surface area contributed by atoms with Crippen molar-refractivity contribution in [2.45, 2.75) is 37.9 Å². The summed E-state index contributed by atoms with van der Waals surface area (Å²) in [6.07, 6.45) is 4.04. The van der Waals surface area contributed by atoms with E-state index in [1.54, 1.807) is 0 Å². The molecule has 1 aliphatic rings. The normalized spacial score (nSPS) is 20.9. The minimum absolute atomic E-state index is 0.362. The Morgan fingerprint density at radius 2 is 2.06 bits per heavy atom. The van der Waals surface area contributed by atoms with Crippen LogP contribution >= 0.6 is 0 Å². The van der Waals surface area contributed by atoms with Gasteiger partial charge in [0.05, 0.1) is 12.2 Å². The second kappa shape index (κ2) is 6.21. The van der Waals surface area contributed by atoms with E-state index in [0.29, 0.717) is 6.10 Å². The molecule has 1 aromatic carbocycles. The second-order valence-corrected chi connectivity index (χ2v) is 5.21. The Labute approximate surface area is 109 Å². The van der Waals surface area contributed by atoms with E-state index in [4.69, 9.17) is 4.74 Å². The molecule has 18 heavy (non-hydrogen) atoms. The summed E-state index contributed by atoms with van der Waals surface area (Å²) < 4.78 is 5.57. The van der Waals surface area contributed by atoms with E-state index in [2.05, 4.69) is 4.90 Å². The van der Waals surface area contributed by atoms with Crippen molar-refractivity contribution >= 4 is 5.69 Å². The maximum Gasteiger partial charge on any atom is 0.0791 e. The first-order valence-corrected chi connectivity index (χ1v) is 6.74. The van der Waals surface area contributed by atoms with Gasteiger partial charge in [-0.25, -0.2) is 0 Å². The molecular formula is C15H23NO2. The molecule has 1 saturated heterocycles. The highest BCUT2D eigenvalue weighted by atomic mass is 16.5. The zero-order valence-electron chi connectivity index (χ0n) is 11.3. The molecule has 100 valence electrons. The lowest BCUT2D eigenvalue weighted by Crippen LogP contribution is -2.09. The predicted octanol–water partition coefficient (Wildman–Crippen LogP) is 2.75. The van der Waals surface area contributed by atoms with Gasteiger partial charge in [-0.3, -0.25) is 0 Å². The standard InChI is InChI=1S/C15H23NO2/c1-16(2)13-7-5-12(6-8-13)15(17)10-9-14-4-3-11-18-14/h5-8,14-15,17H,3-4,9-11H2,1-2H3. The van der Waals surface area contributed by atoms with Crippen LogP contribution in [-0.4, -0.2) is 31.9 Å². The van der Waals surface area contributed by atoms with Gasteiger partial charge in [0.15, 0.2) is 0 Å². The van der Waals surface area contributed by atoms with Crippen LogP contribution in [0.2, 0.25) is 0 Å². The average Bonchev–Trinajstić information content (AvgIpc) is 2.89. The topological polar surface area (TPSA) is 32.7 Å². The number of hydrogen-bond acceptors (Lipinski definition) is 3. The molecule has 3 heteroatoms. The molecule has 0 spiro atoms. The molecule has 0 radical (unpaired) electrons. The van der Waals surface area contributed by atoms with Gasteiger partial charge in [-0.05, 0) is 43.4 Å². The molecule has 1 aliphatic heterocycles. The minimum atomic E-state index is -0.370. The summed E-state index contributed by atoms with van der Waals surface area (Å²) in [5, 5.41) is 10.1. The van der Waals surface area contributed by atoms with Crippen LogP contribution in [0.3, 0.4) is 0 Å². The van der Waals surface area contributed by atoms with Crippen LogP contribution in [0.5, 0.6) is 0 Å². The fraction of sp³-hybridized carbons (Fsp3) is 0.600. The Morgan fingerprint density at radius 1 is 1.33 bits per heavy atom. The Kier molecular flexibility index (Phi) is 4.61. The van der Waals surface area contributed by atoms with Crippen LogP contribution in [0, 0.1) is 0 Å². The predicted molar refractivity (Wildman–Crippen MR) is 73.9 cm³/mol. The maximum atomic E-state index is 10.1. The molecule has 2 rings (SSSR count). The Hall–Kier alpha value is -1.06. The SMILES string of the molecule is CN(C)c1ccc(C(O)CCC2CCCO2)cc1. The van der Waals surface area contributed by atoms with E-state index in [9.17, 15) is 5.11 Å². The van der Waals surface area contributed by atoms with Gasteiger partial charge in [0.1, 0.15) is 0 Å². The molecule has 1 N–H and O–H groups in total. The van der Waals surface area contributed by atoms with E-state index in [-0.39, 0.29) is 6.10 Å². The van der Waals surface area contributed by atoms with Crippen molar-refractivity contribution in [3.63, 3.8) is 0 Å². The van der Waals surface area contributed by atoms with Gasteiger partial charge in [-0.2, -0.15) is 0 Å². The number of aliphatic hydroxyl groups excluding tert-OH is 1. The van der Waals surface area contributed by atoms with Gasteiger partial charge >= 0.3 is 0 Å². The van der Waals surface area contributed by atoms with Gasteiger partial charge in [0, 0.05) is 26.4 Å². The van der Waals surface area contributed by atoms with Crippen LogP contribution in [0.25, 0.3) is 0 Å². The van der Waals surface area contributed by atoms with Gasteiger partial charge in [-0.15, -0.1) is 0 Å².